The van der Waals surface area contributed by atoms with Crippen LogP contribution in [0.15, 0.2) is 57.9 Å². The number of hydrogen-bond acceptors (Lipinski definition) is 6. The summed E-state index contributed by atoms with van der Waals surface area (Å²) >= 11 is 0. The van der Waals surface area contributed by atoms with E-state index in [1.54, 1.807) is 30.5 Å². The van der Waals surface area contributed by atoms with Crippen LogP contribution in [0.4, 0.5) is 5.69 Å². The van der Waals surface area contributed by atoms with Crippen LogP contribution in [0.25, 0.3) is 11.0 Å². The second-order valence-electron chi connectivity index (χ2n) is 5.73. The van der Waals surface area contributed by atoms with Gasteiger partial charge in [-0.05, 0) is 29.8 Å². The summed E-state index contributed by atoms with van der Waals surface area (Å²) in [6.07, 6.45) is 1.93. The van der Waals surface area contributed by atoms with Crippen LogP contribution in [0, 0.1) is 0 Å². The molecule has 0 spiro atoms. The Kier molecular flexibility index (Phi) is 5.34. The van der Waals surface area contributed by atoms with Crippen LogP contribution in [-0.4, -0.2) is 26.3 Å². The van der Waals surface area contributed by atoms with E-state index in [1.807, 2.05) is 6.07 Å². The Morgan fingerprint density at radius 1 is 1.19 bits per heavy atom. The molecule has 7 nitrogen and oxygen atoms in total. The lowest BCUT2D eigenvalue weighted by atomic mass is 10.1. The lowest BCUT2D eigenvalue weighted by Gasteiger charge is -2.10. The number of benzene rings is 1. The fraction of sp³-hybridized carbons (Fsp3) is 0.222. The molecule has 0 radical (unpaired) electrons. The second-order valence-corrected chi connectivity index (χ2v) is 7.57. The van der Waals surface area contributed by atoms with Crippen molar-refractivity contribution in [3.8, 4) is 0 Å². The normalized spacial score (nSPS) is 11.6. The molecule has 1 aromatic carbocycles. The van der Waals surface area contributed by atoms with Gasteiger partial charge in [0.05, 0.1) is 18.0 Å². The maximum absolute atomic E-state index is 12.3. The number of fused-ring (bicyclic) bond motifs is 1. The Labute approximate surface area is 150 Å². The number of anilines is 1. The van der Waals surface area contributed by atoms with Crippen molar-refractivity contribution in [2.45, 2.75) is 13.0 Å². The van der Waals surface area contributed by atoms with Crippen LogP contribution in [-0.2, 0) is 27.8 Å². The van der Waals surface area contributed by atoms with Crippen molar-refractivity contribution in [3.05, 3.63) is 70.3 Å². The summed E-state index contributed by atoms with van der Waals surface area (Å²) in [5.41, 5.74) is 1.50. The summed E-state index contributed by atoms with van der Waals surface area (Å²) in [6.45, 7) is 0.261. The number of methoxy groups -OCH3 is 1. The van der Waals surface area contributed by atoms with E-state index >= 15 is 0 Å². The molecule has 136 valence electrons. The van der Waals surface area contributed by atoms with Crippen molar-refractivity contribution in [1.29, 1.82) is 0 Å². The molecule has 1 N–H and O–H groups in total. The van der Waals surface area contributed by atoms with E-state index in [2.05, 4.69) is 9.71 Å². The van der Waals surface area contributed by atoms with Crippen molar-refractivity contribution in [1.82, 2.24) is 4.98 Å². The van der Waals surface area contributed by atoms with E-state index in [1.165, 1.54) is 19.2 Å². The molecule has 3 aromatic rings. The number of hydrogen-bond donors (Lipinski definition) is 1. The maximum Gasteiger partial charge on any atom is 0.336 e. The minimum atomic E-state index is -3.57. The van der Waals surface area contributed by atoms with E-state index < -0.39 is 15.6 Å². The number of pyridine rings is 1. The Bertz CT molecular complexity index is 1060. The van der Waals surface area contributed by atoms with Gasteiger partial charge in [0, 0.05) is 42.9 Å². The van der Waals surface area contributed by atoms with Crippen molar-refractivity contribution in [2.24, 2.45) is 0 Å². The maximum atomic E-state index is 12.3. The highest BCUT2D eigenvalue weighted by Crippen LogP contribution is 2.22. The first-order chi connectivity index (χ1) is 12.5. The van der Waals surface area contributed by atoms with Gasteiger partial charge in [0.15, 0.2) is 0 Å². The zero-order chi connectivity index (χ0) is 18.6. The largest absolute Gasteiger partial charge is 0.423 e. The van der Waals surface area contributed by atoms with Crippen LogP contribution in [0.5, 0.6) is 0 Å². The number of rotatable bonds is 7. The predicted octanol–water partition coefficient (Wildman–Crippen LogP) is 2.32. The zero-order valence-corrected chi connectivity index (χ0v) is 15.0. The molecule has 8 heteroatoms. The van der Waals surface area contributed by atoms with E-state index in [0.717, 1.165) is 0 Å². The Morgan fingerprint density at radius 3 is 2.77 bits per heavy atom. The summed E-state index contributed by atoms with van der Waals surface area (Å²) in [5, 5.41) is 0.697. The summed E-state index contributed by atoms with van der Waals surface area (Å²) in [6, 6.07) is 11.5. The van der Waals surface area contributed by atoms with Crippen LogP contribution in [0.3, 0.4) is 0 Å². The average Bonchev–Trinajstić information content (AvgIpc) is 2.60. The van der Waals surface area contributed by atoms with Gasteiger partial charge < -0.3 is 9.15 Å². The van der Waals surface area contributed by atoms with E-state index in [-0.39, 0.29) is 12.4 Å². The molecular formula is C18H18N2O5S. The van der Waals surface area contributed by atoms with Crippen LogP contribution in [0.1, 0.15) is 11.3 Å². The summed E-state index contributed by atoms with van der Waals surface area (Å²) in [4.78, 5) is 15.8. The first-order valence-electron chi connectivity index (χ1n) is 7.93. The van der Waals surface area contributed by atoms with Gasteiger partial charge in [0.2, 0.25) is 10.0 Å². The van der Waals surface area contributed by atoms with E-state index in [4.69, 9.17) is 9.15 Å². The quantitative estimate of drug-likeness (QED) is 0.637. The third-order valence-corrected chi connectivity index (χ3v) is 5.04. The van der Waals surface area contributed by atoms with Crippen molar-refractivity contribution >= 4 is 26.7 Å². The molecule has 0 amide bonds. The van der Waals surface area contributed by atoms with E-state index in [9.17, 15) is 13.2 Å². The van der Waals surface area contributed by atoms with Gasteiger partial charge in [-0.2, -0.15) is 0 Å². The number of aromatic nitrogens is 1. The Hall–Kier alpha value is -2.71. The van der Waals surface area contributed by atoms with Gasteiger partial charge in [0.25, 0.3) is 0 Å². The zero-order valence-electron chi connectivity index (χ0n) is 14.1. The number of nitrogens with zero attached hydrogens (tertiary/aromatic N) is 1. The molecule has 0 aliphatic carbocycles. The Morgan fingerprint density at radius 2 is 2.04 bits per heavy atom. The van der Waals surface area contributed by atoms with Crippen molar-refractivity contribution in [2.75, 3.05) is 17.6 Å². The molecule has 2 heterocycles. The molecule has 0 aliphatic rings. The average molecular weight is 374 g/mol. The molecule has 2 aromatic heterocycles. The Balaban J connectivity index is 1.80. The molecule has 0 atom stereocenters. The molecule has 0 fully saturated rings. The molecule has 26 heavy (non-hydrogen) atoms. The summed E-state index contributed by atoms with van der Waals surface area (Å²) in [7, 11) is -2.03. The highest BCUT2D eigenvalue weighted by molar-refractivity contribution is 7.92. The molecule has 0 aliphatic heterocycles. The summed E-state index contributed by atoms with van der Waals surface area (Å²) in [5.74, 6) is -0.101. The molecule has 0 bridgehead atoms. The fourth-order valence-corrected chi connectivity index (χ4v) is 3.65. The van der Waals surface area contributed by atoms with Gasteiger partial charge in [-0.25, -0.2) is 13.2 Å². The minimum absolute atomic E-state index is 0.101. The van der Waals surface area contributed by atoms with Crippen LogP contribution in [0.2, 0.25) is 0 Å². The molecule has 0 saturated heterocycles. The smallest absolute Gasteiger partial charge is 0.336 e. The number of nitrogens with one attached hydrogen (secondary N) is 1. The van der Waals surface area contributed by atoms with Gasteiger partial charge in [-0.3, -0.25) is 9.71 Å². The van der Waals surface area contributed by atoms with Gasteiger partial charge in [-0.1, -0.05) is 6.07 Å². The summed E-state index contributed by atoms with van der Waals surface area (Å²) < 4.78 is 37.3. The minimum Gasteiger partial charge on any atom is -0.423 e. The highest BCUT2D eigenvalue weighted by atomic mass is 32.2. The molecule has 0 saturated carbocycles. The highest BCUT2D eigenvalue weighted by Gasteiger charge is 2.13. The number of sulfonamides is 1. The SMILES string of the molecule is COCc1cc(=O)oc2cc(NS(=O)(=O)CCc3ccccn3)ccc12. The van der Waals surface area contributed by atoms with Crippen LogP contribution >= 0.6 is 0 Å². The second kappa shape index (κ2) is 7.67. The number of ether oxygens (including phenoxy) is 1. The lowest BCUT2D eigenvalue weighted by molar-refractivity contribution is 0.185. The predicted molar refractivity (Wildman–Crippen MR) is 98.5 cm³/mol. The first kappa shape index (κ1) is 18.1. The van der Waals surface area contributed by atoms with Gasteiger partial charge in [0.1, 0.15) is 5.58 Å². The lowest BCUT2D eigenvalue weighted by Crippen LogP contribution is -2.18. The third-order valence-electron chi connectivity index (χ3n) is 3.76. The topological polar surface area (TPSA) is 98.5 Å². The standard InChI is InChI=1S/C18H18N2O5S/c1-24-12-13-10-18(21)25-17-11-15(5-6-16(13)17)20-26(22,23)9-7-14-4-2-3-8-19-14/h2-6,8,10-11,20H,7,9,12H2,1H3. The van der Waals surface area contributed by atoms with Crippen LogP contribution < -0.4 is 10.3 Å². The molecular weight excluding hydrogens is 356 g/mol. The van der Waals surface area contributed by atoms with E-state index in [0.29, 0.717) is 34.3 Å². The number of aryl methyl sites for hydroxylation is 1. The van der Waals surface area contributed by atoms with Gasteiger partial charge in [-0.15, -0.1) is 0 Å². The fourth-order valence-electron chi connectivity index (χ4n) is 2.58. The monoisotopic (exact) mass is 374 g/mol. The van der Waals surface area contributed by atoms with Crippen molar-refractivity contribution in [3.63, 3.8) is 0 Å². The third kappa shape index (κ3) is 4.47. The molecule has 0 unspecified atom stereocenters. The van der Waals surface area contributed by atoms with Gasteiger partial charge >= 0.3 is 5.63 Å². The van der Waals surface area contributed by atoms with Crippen molar-refractivity contribution < 1.29 is 17.6 Å². The first-order valence-corrected chi connectivity index (χ1v) is 9.58. The molecule has 3 rings (SSSR count).